The van der Waals surface area contributed by atoms with Gasteiger partial charge in [0.15, 0.2) is 0 Å². The zero-order valence-corrected chi connectivity index (χ0v) is 12.9. The fraction of sp³-hybridized carbons (Fsp3) is 0.471. The van der Waals surface area contributed by atoms with Crippen LogP contribution in [0.25, 0.3) is 11.0 Å². The van der Waals surface area contributed by atoms with E-state index >= 15 is 0 Å². The number of aromatic nitrogens is 2. The van der Waals surface area contributed by atoms with Crippen LogP contribution in [-0.2, 0) is 9.47 Å². The van der Waals surface area contributed by atoms with Crippen molar-refractivity contribution in [2.75, 3.05) is 20.3 Å². The molecule has 2 heterocycles. The molecule has 1 aromatic heterocycles. The summed E-state index contributed by atoms with van der Waals surface area (Å²) < 4.78 is 11.0. The third-order valence-electron chi connectivity index (χ3n) is 4.87. The number of para-hydroxylation sites is 2. The number of ether oxygens (including phenoxy) is 2. The van der Waals surface area contributed by atoms with E-state index in [-0.39, 0.29) is 24.0 Å². The van der Waals surface area contributed by atoms with E-state index < -0.39 is 0 Å². The second-order valence-electron chi connectivity index (χ2n) is 6.15. The van der Waals surface area contributed by atoms with Crippen LogP contribution in [0.4, 0.5) is 0 Å². The second kappa shape index (κ2) is 5.86. The van der Waals surface area contributed by atoms with Crippen molar-refractivity contribution in [1.29, 1.82) is 0 Å². The molecule has 0 spiro atoms. The van der Waals surface area contributed by atoms with Crippen LogP contribution >= 0.6 is 0 Å². The van der Waals surface area contributed by atoms with Crippen LogP contribution in [-0.4, -0.2) is 48.3 Å². The highest BCUT2D eigenvalue weighted by Gasteiger charge is 2.54. The Morgan fingerprint density at radius 2 is 2.22 bits per heavy atom. The molecule has 1 aliphatic carbocycles. The number of nitrogens with one attached hydrogen (secondary N) is 1. The summed E-state index contributed by atoms with van der Waals surface area (Å²) in [5, 5.41) is 3.10. The lowest BCUT2D eigenvalue weighted by atomic mass is 9.67. The SMILES string of the molecule is COC[C@@H]1[C@H](NC(=O)c2cnc3ccccc3n2)[C@@H]2CCO[C@H]12. The smallest absolute Gasteiger partial charge is 0.271 e. The molecule has 1 amide bonds. The Kier molecular flexibility index (Phi) is 3.71. The summed E-state index contributed by atoms with van der Waals surface area (Å²) in [6.45, 7) is 1.35. The maximum Gasteiger partial charge on any atom is 0.271 e. The van der Waals surface area contributed by atoms with Crippen molar-refractivity contribution in [1.82, 2.24) is 15.3 Å². The molecule has 1 aliphatic heterocycles. The van der Waals surface area contributed by atoms with E-state index in [9.17, 15) is 4.79 Å². The summed E-state index contributed by atoms with van der Waals surface area (Å²) in [7, 11) is 1.68. The van der Waals surface area contributed by atoms with Crippen molar-refractivity contribution >= 4 is 16.9 Å². The van der Waals surface area contributed by atoms with E-state index in [4.69, 9.17) is 9.47 Å². The Balaban J connectivity index is 1.52. The van der Waals surface area contributed by atoms with Gasteiger partial charge in [0.2, 0.25) is 0 Å². The Morgan fingerprint density at radius 3 is 3.04 bits per heavy atom. The van der Waals surface area contributed by atoms with Crippen LogP contribution in [0.2, 0.25) is 0 Å². The summed E-state index contributed by atoms with van der Waals surface area (Å²) in [4.78, 5) is 21.2. The first kappa shape index (κ1) is 14.5. The van der Waals surface area contributed by atoms with Crippen LogP contribution in [0, 0.1) is 11.8 Å². The van der Waals surface area contributed by atoms with Crippen LogP contribution < -0.4 is 5.32 Å². The standard InChI is InChI=1S/C17H19N3O3/c1-22-9-11-15(10-6-7-23-16(10)11)20-17(21)14-8-18-12-4-2-3-5-13(12)19-14/h2-5,8,10-11,15-16H,6-7,9H2,1H3,(H,20,21)/t10-,11+,15+,16-/m0/s1. The molecular weight excluding hydrogens is 294 g/mol. The zero-order valence-electron chi connectivity index (χ0n) is 12.9. The molecule has 23 heavy (non-hydrogen) atoms. The Labute approximate surface area is 134 Å². The Hall–Kier alpha value is -2.05. The van der Waals surface area contributed by atoms with Crippen molar-refractivity contribution in [3.05, 3.63) is 36.2 Å². The normalized spacial score (nSPS) is 29.1. The number of rotatable bonds is 4. The van der Waals surface area contributed by atoms with Gasteiger partial charge in [0, 0.05) is 31.6 Å². The van der Waals surface area contributed by atoms with Crippen LogP contribution in [0.15, 0.2) is 30.5 Å². The number of benzene rings is 1. The van der Waals surface area contributed by atoms with Crippen LogP contribution in [0.1, 0.15) is 16.9 Å². The molecule has 6 heteroatoms. The minimum atomic E-state index is -0.181. The first-order valence-electron chi connectivity index (χ1n) is 7.91. The topological polar surface area (TPSA) is 73.3 Å². The van der Waals surface area contributed by atoms with E-state index in [1.54, 1.807) is 7.11 Å². The highest BCUT2D eigenvalue weighted by molar-refractivity contribution is 5.94. The molecule has 0 radical (unpaired) electrons. The molecular formula is C17H19N3O3. The number of nitrogens with zero attached hydrogens (tertiary/aromatic N) is 2. The first-order valence-corrected chi connectivity index (χ1v) is 7.91. The summed E-state index contributed by atoms with van der Waals surface area (Å²) in [6.07, 6.45) is 2.73. The highest BCUT2D eigenvalue weighted by Crippen LogP contribution is 2.43. The third-order valence-corrected chi connectivity index (χ3v) is 4.87. The van der Waals surface area contributed by atoms with Gasteiger partial charge in [-0.25, -0.2) is 4.98 Å². The minimum absolute atomic E-state index is 0.0863. The van der Waals surface area contributed by atoms with E-state index in [1.807, 2.05) is 24.3 Å². The first-order chi connectivity index (χ1) is 11.3. The fourth-order valence-corrected chi connectivity index (χ4v) is 3.73. The van der Waals surface area contributed by atoms with Gasteiger partial charge < -0.3 is 14.8 Å². The van der Waals surface area contributed by atoms with Gasteiger partial charge in [-0.05, 0) is 18.6 Å². The molecule has 2 aliphatic rings. The van der Waals surface area contributed by atoms with Gasteiger partial charge in [0.25, 0.3) is 5.91 Å². The van der Waals surface area contributed by atoms with E-state index in [0.29, 0.717) is 18.2 Å². The summed E-state index contributed by atoms with van der Waals surface area (Å²) >= 11 is 0. The highest BCUT2D eigenvalue weighted by atomic mass is 16.5. The largest absolute Gasteiger partial charge is 0.384 e. The molecule has 6 nitrogen and oxygen atoms in total. The number of amides is 1. The van der Waals surface area contributed by atoms with Gasteiger partial charge in [-0.1, -0.05) is 12.1 Å². The van der Waals surface area contributed by atoms with Gasteiger partial charge in [0.1, 0.15) is 5.69 Å². The molecule has 120 valence electrons. The minimum Gasteiger partial charge on any atom is -0.384 e. The average molecular weight is 313 g/mol. The fourth-order valence-electron chi connectivity index (χ4n) is 3.73. The molecule has 1 N–H and O–H groups in total. The van der Waals surface area contributed by atoms with Gasteiger partial charge in [0.05, 0.1) is 29.9 Å². The number of hydrogen-bond acceptors (Lipinski definition) is 5. The molecule has 1 aromatic carbocycles. The molecule has 4 atom stereocenters. The number of carbonyl (C=O) groups excluding carboxylic acids is 1. The summed E-state index contributed by atoms with van der Waals surface area (Å²) in [5.74, 6) is 0.414. The monoisotopic (exact) mass is 313 g/mol. The lowest BCUT2D eigenvalue weighted by molar-refractivity contribution is -0.0810. The predicted octanol–water partition coefficient (Wildman–Crippen LogP) is 1.41. The maximum absolute atomic E-state index is 12.5. The van der Waals surface area contributed by atoms with Gasteiger partial charge >= 0.3 is 0 Å². The maximum atomic E-state index is 12.5. The Morgan fingerprint density at radius 1 is 1.39 bits per heavy atom. The molecule has 4 rings (SSSR count). The second-order valence-corrected chi connectivity index (χ2v) is 6.15. The molecule has 1 saturated heterocycles. The molecule has 2 fully saturated rings. The van der Waals surface area contributed by atoms with Crippen molar-refractivity contribution in [2.45, 2.75) is 18.6 Å². The van der Waals surface area contributed by atoms with Gasteiger partial charge in [-0.15, -0.1) is 0 Å². The average Bonchev–Trinajstić information content (AvgIpc) is 3.01. The van der Waals surface area contributed by atoms with Crippen molar-refractivity contribution < 1.29 is 14.3 Å². The van der Waals surface area contributed by atoms with Crippen molar-refractivity contribution in [3.8, 4) is 0 Å². The zero-order chi connectivity index (χ0) is 15.8. The number of carbonyl (C=O) groups is 1. The van der Waals surface area contributed by atoms with Gasteiger partial charge in [-0.2, -0.15) is 0 Å². The third kappa shape index (κ3) is 2.48. The number of methoxy groups -OCH3 is 1. The van der Waals surface area contributed by atoms with Crippen molar-refractivity contribution in [2.24, 2.45) is 11.8 Å². The number of fused-ring (bicyclic) bond motifs is 2. The lowest BCUT2D eigenvalue weighted by Gasteiger charge is -2.47. The molecule has 0 unspecified atom stereocenters. The van der Waals surface area contributed by atoms with Crippen LogP contribution in [0.3, 0.4) is 0 Å². The molecule has 2 aromatic rings. The summed E-state index contributed by atoms with van der Waals surface area (Å²) in [5.41, 5.74) is 1.86. The molecule has 0 bridgehead atoms. The molecule has 1 saturated carbocycles. The van der Waals surface area contributed by atoms with Gasteiger partial charge in [-0.3, -0.25) is 9.78 Å². The van der Waals surface area contributed by atoms with E-state index in [0.717, 1.165) is 24.1 Å². The van der Waals surface area contributed by atoms with E-state index in [2.05, 4.69) is 15.3 Å². The van der Waals surface area contributed by atoms with Crippen LogP contribution in [0.5, 0.6) is 0 Å². The number of hydrogen-bond donors (Lipinski definition) is 1. The predicted molar refractivity (Wildman–Crippen MR) is 84.0 cm³/mol. The lowest BCUT2D eigenvalue weighted by Crippen LogP contribution is -2.62. The van der Waals surface area contributed by atoms with Crippen molar-refractivity contribution in [3.63, 3.8) is 0 Å². The summed E-state index contributed by atoms with van der Waals surface area (Å²) in [6, 6.07) is 7.62. The van der Waals surface area contributed by atoms with E-state index in [1.165, 1.54) is 6.20 Å². The Bertz CT molecular complexity index is 736. The quantitative estimate of drug-likeness (QED) is 0.924.